The molecule has 19 heavy (non-hydrogen) atoms. The molecule has 5 N–H and O–H groups in total. The Morgan fingerprint density at radius 2 is 2.00 bits per heavy atom. The molecule has 0 heterocycles. The first-order valence-electron chi connectivity index (χ1n) is 5.63. The molecule has 1 aromatic rings. The Morgan fingerprint density at radius 1 is 1.32 bits per heavy atom. The predicted molar refractivity (Wildman–Crippen MR) is 74.2 cm³/mol. The average Bonchev–Trinajstić information content (AvgIpc) is 2.33. The number of amides is 1. The number of hydrogen-bond donors (Lipinski definition) is 4. The largest absolute Gasteiger partial charge is 0.351 e. The molecule has 0 fully saturated rings. The summed E-state index contributed by atoms with van der Waals surface area (Å²) in [6.07, 6.45) is 1.06. The molecule has 0 bridgehead atoms. The highest BCUT2D eigenvalue weighted by atomic mass is 32.2. The van der Waals surface area contributed by atoms with Gasteiger partial charge < -0.3 is 10.7 Å². The van der Waals surface area contributed by atoms with E-state index in [1.165, 1.54) is 0 Å². The third kappa shape index (κ3) is 5.25. The molecule has 0 unspecified atom stereocenters. The van der Waals surface area contributed by atoms with Crippen LogP contribution in [-0.2, 0) is 10.0 Å². The van der Waals surface area contributed by atoms with Crippen molar-refractivity contribution in [1.82, 2.24) is 10.0 Å². The number of aryl methyl sites for hydroxylation is 1. The molecule has 1 rings (SSSR count). The number of benzene rings is 1. The van der Waals surface area contributed by atoms with Crippen LogP contribution in [0.3, 0.4) is 0 Å². The molecule has 0 spiro atoms. The van der Waals surface area contributed by atoms with Gasteiger partial charge in [0.1, 0.15) is 0 Å². The summed E-state index contributed by atoms with van der Waals surface area (Å²) >= 11 is 0. The second kappa shape index (κ2) is 6.50. The molecule has 0 aliphatic heterocycles. The lowest BCUT2D eigenvalue weighted by molar-refractivity contribution is 0.0955. The summed E-state index contributed by atoms with van der Waals surface area (Å²) in [5.74, 6) is 5.03. The zero-order valence-corrected chi connectivity index (χ0v) is 11.7. The normalized spacial score (nSPS) is 11.1. The zero-order chi connectivity index (χ0) is 14.5. The Hall–Kier alpha value is -1.64. The third-order valence-corrected chi connectivity index (χ3v) is 3.08. The number of rotatable bonds is 6. The molecule has 0 saturated carbocycles. The van der Waals surface area contributed by atoms with Crippen LogP contribution in [0.25, 0.3) is 0 Å². The summed E-state index contributed by atoms with van der Waals surface area (Å²) in [7, 11) is -3.24. The Morgan fingerprint density at radius 3 is 2.58 bits per heavy atom. The van der Waals surface area contributed by atoms with Crippen LogP contribution in [0.5, 0.6) is 0 Å². The van der Waals surface area contributed by atoms with Gasteiger partial charge in [0.05, 0.1) is 17.5 Å². The highest BCUT2D eigenvalue weighted by Crippen LogP contribution is 2.16. The van der Waals surface area contributed by atoms with Gasteiger partial charge in [-0.15, -0.1) is 0 Å². The maximum absolute atomic E-state index is 11.9. The predicted octanol–water partition coefficient (Wildman–Crippen LogP) is -0.440. The topological polar surface area (TPSA) is 113 Å². The van der Waals surface area contributed by atoms with Crippen molar-refractivity contribution < 1.29 is 13.2 Å². The minimum atomic E-state index is -3.24. The molecule has 0 saturated heterocycles. The number of anilines is 1. The maximum atomic E-state index is 11.9. The SMILES string of the molecule is Cc1ccc(C(=O)NCCNS(C)(=O)=O)c(NN)c1. The van der Waals surface area contributed by atoms with E-state index >= 15 is 0 Å². The molecular formula is C11H18N4O3S. The van der Waals surface area contributed by atoms with Crippen LogP contribution in [0.4, 0.5) is 5.69 Å². The number of nitrogens with two attached hydrogens (primary N) is 1. The van der Waals surface area contributed by atoms with Gasteiger partial charge in [-0.2, -0.15) is 0 Å². The molecule has 8 heteroatoms. The monoisotopic (exact) mass is 286 g/mol. The zero-order valence-electron chi connectivity index (χ0n) is 10.9. The van der Waals surface area contributed by atoms with Crippen molar-refractivity contribution in [3.05, 3.63) is 29.3 Å². The smallest absolute Gasteiger partial charge is 0.253 e. The van der Waals surface area contributed by atoms with Gasteiger partial charge in [0.2, 0.25) is 10.0 Å². The highest BCUT2D eigenvalue weighted by molar-refractivity contribution is 7.88. The van der Waals surface area contributed by atoms with Gasteiger partial charge in [-0.25, -0.2) is 13.1 Å². The molecular weight excluding hydrogens is 268 g/mol. The standard InChI is InChI=1S/C11H18N4O3S/c1-8-3-4-9(10(7-8)15-12)11(16)13-5-6-14-19(2,17)18/h3-4,7,14-15H,5-6,12H2,1-2H3,(H,13,16). The number of nitrogen functional groups attached to an aromatic ring is 1. The van der Waals surface area contributed by atoms with E-state index in [4.69, 9.17) is 5.84 Å². The molecule has 0 aromatic heterocycles. The Balaban J connectivity index is 2.59. The minimum Gasteiger partial charge on any atom is -0.351 e. The van der Waals surface area contributed by atoms with Crippen LogP contribution in [-0.4, -0.2) is 33.7 Å². The summed E-state index contributed by atoms with van der Waals surface area (Å²) in [5, 5.41) is 2.60. The summed E-state index contributed by atoms with van der Waals surface area (Å²) in [4.78, 5) is 11.9. The maximum Gasteiger partial charge on any atom is 0.253 e. The van der Waals surface area contributed by atoms with E-state index in [9.17, 15) is 13.2 Å². The van der Waals surface area contributed by atoms with Gasteiger partial charge in [-0.3, -0.25) is 10.6 Å². The fourth-order valence-corrected chi connectivity index (χ4v) is 1.96. The Labute approximate surface area is 112 Å². The third-order valence-electron chi connectivity index (χ3n) is 2.35. The van der Waals surface area contributed by atoms with Crippen LogP contribution < -0.4 is 21.3 Å². The molecule has 1 amide bonds. The van der Waals surface area contributed by atoms with E-state index in [-0.39, 0.29) is 19.0 Å². The first kappa shape index (κ1) is 15.4. The van der Waals surface area contributed by atoms with E-state index in [1.807, 2.05) is 6.92 Å². The van der Waals surface area contributed by atoms with E-state index in [1.54, 1.807) is 18.2 Å². The summed E-state index contributed by atoms with van der Waals surface area (Å²) < 4.78 is 24.0. The van der Waals surface area contributed by atoms with Crippen molar-refractivity contribution in [2.45, 2.75) is 6.92 Å². The quantitative estimate of drug-likeness (QED) is 0.322. The van der Waals surface area contributed by atoms with Crippen LogP contribution >= 0.6 is 0 Å². The van der Waals surface area contributed by atoms with Crippen molar-refractivity contribution in [2.24, 2.45) is 5.84 Å². The van der Waals surface area contributed by atoms with E-state index in [0.717, 1.165) is 11.8 Å². The Kier molecular flexibility index (Phi) is 5.28. The first-order valence-corrected chi connectivity index (χ1v) is 7.53. The number of nitrogens with one attached hydrogen (secondary N) is 3. The molecule has 0 aliphatic carbocycles. The summed E-state index contributed by atoms with van der Waals surface area (Å²) in [6, 6.07) is 5.21. The van der Waals surface area contributed by atoms with Gasteiger partial charge in [0.25, 0.3) is 5.91 Å². The molecule has 0 radical (unpaired) electrons. The summed E-state index contributed by atoms with van der Waals surface area (Å²) in [6.45, 7) is 2.23. The molecule has 0 atom stereocenters. The minimum absolute atomic E-state index is 0.141. The molecule has 1 aromatic carbocycles. The van der Waals surface area contributed by atoms with Gasteiger partial charge in [-0.1, -0.05) is 6.07 Å². The van der Waals surface area contributed by atoms with Crippen molar-refractivity contribution in [3.8, 4) is 0 Å². The van der Waals surface area contributed by atoms with Crippen LogP contribution in [0.2, 0.25) is 0 Å². The van der Waals surface area contributed by atoms with Gasteiger partial charge >= 0.3 is 0 Å². The van der Waals surface area contributed by atoms with Crippen molar-refractivity contribution in [2.75, 3.05) is 24.8 Å². The van der Waals surface area contributed by atoms with Crippen LogP contribution in [0.1, 0.15) is 15.9 Å². The lowest BCUT2D eigenvalue weighted by Gasteiger charge is -2.10. The average molecular weight is 286 g/mol. The van der Waals surface area contributed by atoms with Crippen LogP contribution in [0, 0.1) is 6.92 Å². The summed E-state index contributed by atoms with van der Waals surface area (Å²) in [5.41, 5.74) is 4.37. The fraction of sp³-hybridized carbons (Fsp3) is 0.364. The molecule has 106 valence electrons. The lowest BCUT2D eigenvalue weighted by Crippen LogP contribution is -2.34. The fourth-order valence-electron chi connectivity index (χ4n) is 1.48. The number of sulfonamides is 1. The van der Waals surface area contributed by atoms with E-state index in [0.29, 0.717) is 11.3 Å². The number of carbonyl (C=O) groups is 1. The van der Waals surface area contributed by atoms with Gasteiger partial charge in [0.15, 0.2) is 0 Å². The lowest BCUT2D eigenvalue weighted by atomic mass is 10.1. The van der Waals surface area contributed by atoms with E-state index in [2.05, 4.69) is 15.5 Å². The van der Waals surface area contributed by atoms with Crippen molar-refractivity contribution in [3.63, 3.8) is 0 Å². The highest BCUT2D eigenvalue weighted by Gasteiger charge is 2.10. The Bertz CT molecular complexity index is 557. The van der Waals surface area contributed by atoms with Gasteiger partial charge in [0, 0.05) is 13.1 Å². The number of hydrogen-bond acceptors (Lipinski definition) is 5. The number of hydrazine groups is 1. The first-order chi connectivity index (χ1) is 8.83. The molecule has 0 aliphatic rings. The van der Waals surface area contributed by atoms with Crippen molar-refractivity contribution >= 4 is 21.6 Å². The number of carbonyl (C=O) groups excluding carboxylic acids is 1. The molecule has 7 nitrogen and oxygen atoms in total. The second-order valence-corrected chi connectivity index (χ2v) is 5.95. The van der Waals surface area contributed by atoms with Gasteiger partial charge in [-0.05, 0) is 24.6 Å². The van der Waals surface area contributed by atoms with E-state index < -0.39 is 10.0 Å². The van der Waals surface area contributed by atoms with Crippen LogP contribution in [0.15, 0.2) is 18.2 Å². The second-order valence-electron chi connectivity index (χ2n) is 4.12. The van der Waals surface area contributed by atoms with Crippen molar-refractivity contribution in [1.29, 1.82) is 0 Å².